The van der Waals surface area contributed by atoms with Gasteiger partial charge in [-0.1, -0.05) is 47.5 Å². The number of hydrogen-bond acceptors (Lipinski definition) is 3. The van der Waals surface area contributed by atoms with Crippen LogP contribution in [0.3, 0.4) is 0 Å². The van der Waals surface area contributed by atoms with Crippen LogP contribution in [-0.4, -0.2) is 36.9 Å². The Bertz CT molecular complexity index is 743. The van der Waals surface area contributed by atoms with Gasteiger partial charge in [0.25, 0.3) is 0 Å². The summed E-state index contributed by atoms with van der Waals surface area (Å²) < 4.78 is 0. The van der Waals surface area contributed by atoms with E-state index in [4.69, 9.17) is 0 Å². The Balaban J connectivity index is 2.35. The molecule has 0 radical (unpaired) electrons. The van der Waals surface area contributed by atoms with Gasteiger partial charge in [-0.3, -0.25) is 9.59 Å². The fourth-order valence-electron chi connectivity index (χ4n) is 4.03. The Morgan fingerprint density at radius 1 is 1.10 bits per heavy atom. The van der Waals surface area contributed by atoms with Gasteiger partial charge in [0.2, 0.25) is 11.8 Å². The molecular formula is C25H41N3O2. The average Bonchev–Trinajstić information content (AvgIpc) is 3.19. The molecule has 1 aromatic carbocycles. The standard InChI is InChI=1S/C25H41N3O2/c1-17(2)18(3)28(24(30)25(4,5)6)16-20-15-21(13-14-22(20)27(7)8)26-23(29)19-11-9-10-12-19/h13-15,17-19H,9-12,16H2,1-8H3,(H,26,29)/t18-/m1/s1. The Morgan fingerprint density at radius 3 is 2.20 bits per heavy atom. The number of amides is 2. The molecule has 0 bridgehead atoms. The van der Waals surface area contributed by atoms with Crippen LogP contribution in [-0.2, 0) is 16.1 Å². The number of nitrogens with zero attached hydrogens (tertiary/aromatic N) is 2. The molecule has 0 aromatic heterocycles. The van der Waals surface area contributed by atoms with Gasteiger partial charge in [-0.05, 0) is 49.4 Å². The van der Waals surface area contributed by atoms with Crippen LogP contribution in [0.4, 0.5) is 11.4 Å². The van der Waals surface area contributed by atoms with Crippen molar-refractivity contribution in [3.05, 3.63) is 23.8 Å². The van der Waals surface area contributed by atoms with Gasteiger partial charge in [0, 0.05) is 49.4 Å². The zero-order chi connectivity index (χ0) is 22.6. The second kappa shape index (κ2) is 9.84. The summed E-state index contributed by atoms with van der Waals surface area (Å²) in [5.74, 6) is 0.745. The van der Waals surface area contributed by atoms with Crippen molar-refractivity contribution in [3.8, 4) is 0 Å². The molecule has 0 unspecified atom stereocenters. The maximum absolute atomic E-state index is 13.3. The molecule has 5 heteroatoms. The summed E-state index contributed by atoms with van der Waals surface area (Å²) in [6.45, 7) is 12.9. The quantitative estimate of drug-likeness (QED) is 0.657. The molecular weight excluding hydrogens is 374 g/mol. The largest absolute Gasteiger partial charge is 0.377 e. The van der Waals surface area contributed by atoms with E-state index in [1.54, 1.807) is 0 Å². The molecule has 1 fully saturated rings. The zero-order valence-corrected chi connectivity index (χ0v) is 20.2. The smallest absolute Gasteiger partial charge is 0.228 e. The van der Waals surface area contributed by atoms with Gasteiger partial charge in [-0.15, -0.1) is 0 Å². The lowest BCUT2D eigenvalue weighted by Crippen LogP contribution is -2.46. The molecule has 168 valence electrons. The van der Waals surface area contributed by atoms with Crippen molar-refractivity contribution in [2.45, 2.75) is 79.8 Å². The van der Waals surface area contributed by atoms with Crippen LogP contribution in [0.2, 0.25) is 0 Å². The van der Waals surface area contributed by atoms with Gasteiger partial charge < -0.3 is 15.1 Å². The van der Waals surface area contributed by atoms with Crippen LogP contribution in [0.1, 0.15) is 72.8 Å². The third-order valence-electron chi connectivity index (χ3n) is 6.25. The highest BCUT2D eigenvalue weighted by molar-refractivity contribution is 5.93. The summed E-state index contributed by atoms with van der Waals surface area (Å²) in [4.78, 5) is 30.0. The van der Waals surface area contributed by atoms with Crippen LogP contribution in [0.5, 0.6) is 0 Å². The highest BCUT2D eigenvalue weighted by Gasteiger charge is 2.32. The monoisotopic (exact) mass is 415 g/mol. The average molecular weight is 416 g/mol. The van der Waals surface area contributed by atoms with E-state index in [0.29, 0.717) is 12.5 Å². The molecule has 1 saturated carbocycles. The molecule has 1 aliphatic rings. The summed E-state index contributed by atoms with van der Waals surface area (Å²) in [5, 5.41) is 3.11. The van der Waals surface area contributed by atoms with E-state index in [9.17, 15) is 9.59 Å². The summed E-state index contributed by atoms with van der Waals surface area (Å²) in [6, 6.07) is 6.16. The zero-order valence-electron chi connectivity index (χ0n) is 20.2. The minimum absolute atomic E-state index is 0.114. The number of hydrogen-bond donors (Lipinski definition) is 1. The Hall–Kier alpha value is -2.04. The lowest BCUT2D eigenvalue weighted by Gasteiger charge is -2.37. The third-order valence-corrected chi connectivity index (χ3v) is 6.25. The normalized spacial score (nSPS) is 15.9. The van der Waals surface area contributed by atoms with E-state index in [0.717, 1.165) is 42.6 Å². The van der Waals surface area contributed by atoms with Crippen LogP contribution in [0, 0.1) is 17.3 Å². The van der Waals surface area contributed by atoms with E-state index >= 15 is 0 Å². The summed E-state index contributed by atoms with van der Waals surface area (Å²) >= 11 is 0. The molecule has 2 rings (SSSR count). The second-order valence-electron chi connectivity index (χ2n) is 10.4. The van der Waals surface area contributed by atoms with Crippen molar-refractivity contribution >= 4 is 23.2 Å². The van der Waals surface area contributed by atoms with E-state index in [-0.39, 0.29) is 23.8 Å². The van der Waals surface area contributed by atoms with Gasteiger partial charge in [0.05, 0.1) is 0 Å². The van der Waals surface area contributed by atoms with Crippen molar-refractivity contribution in [2.24, 2.45) is 17.3 Å². The number of carbonyl (C=O) groups excluding carboxylic acids is 2. The molecule has 0 aliphatic heterocycles. The van der Waals surface area contributed by atoms with Crippen LogP contribution in [0.15, 0.2) is 18.2 Å². The lowest BCUT2D eigenvalue weighted by molar-refractivity contribution is -0.143. The molecule has 2 amide bonds. The van der Waals surface area contributed by atoms with E-state index < -0.39 is 5.41 Å². The van der Waals surface area contributed by atoms with E-state index in [1.807, 2.05) is 58.0 Å². The van der Waals surface area contributed by atoms with Crippen molar-refractivity contribution in [2.75, 3.05) is 24.3 Å². The first-order valence-electron chi connectivity index (χ1n) is 11.3. The predicted molar refractivity (Wildman–Crippen MR) is 126 cm³/mol. The summed E-state index contributed by atoms with van der Waals surface area (Å²) in [7, 11) is 4.02. The van der Waals surface area contributed by atoms with Crippen molar-refractivity contribution in [3.63, 3.8) is 0 Å². The van der Waals surface area contributed by atoms with Gasteiger partial charge in [0.15, 0.2) is 0 Å². The summed E-state index contributed by atoms with van der Waals surface area (Å²) in [5.41, 5.74) is 2.48. The number of rotatable bonds is 7. The van der Waals surface area contributed by atoms with Gasteiger partial charge in [-0.2, -0.15) is 0 Å². The first-order valence-corrected chi connectivity index (χ1v) is 11.3. The molecule has 0 saturated heterocycles. The fourth-order valence-corrected chi connectivity index (χ4v) is 4.03. The molecule has 1 N–H and O–H groups in total. The number of anilines is 2. The topological polar surface area (TPSA) is 52.7 Å². The molecule has 1 aromatic rings. The van der Waals surface area contributed by atoms with E-state index in [2.05, 4.69) is 31.0 Å². The highest BCUT2D eigenvalue weighted by Crippen LogP contribution is 2.30. The fraction of sp³-hybridized carbons (Fsp3) is 0.680. The molecule has 5 nitrogen and oxygen atoms in total. The molecule has 30 heavy (non-hydrogen) atoms. The molecule has 1 atom stereocenters. The predicted octanol–water partition coefficient (Wildman–Crippen LogP) is 5.30. The molecule has 0 spiro atoms. The second-order valence-corrected chi connectivity index (χ2v) is 10.4. The van der Waals surface area contributed by atoms with Crippen LogP contribution >= 0.6 is 0 Å². The maximum Gasteiger partial charge on any atom is 0.228 e. The first kappa shape index (κ1) is 24.2. The first-order chi connectivity index (χ1) is 13.9. The molecule has 0 heterocycles. The Labute approximate surface area is 183 Å². The Kier molecular flexibility index (Phi) is 7.95. The van der Waals surface area contributed by atoms with Crippen molar-refractivity contribution < 1.29 is 9.59 Å². The maximum atomic E-state index is 13.3. The van der Waals surface area contributed by atoms with Gasteiger partial charge >= 0.3 is 0 Å². The van der Waals surface area contributed by atoms with Crippen molar-refractivity contribution in [1.82, 2.24) is 4.90 Å². The van der Waals surface area contributed by atoms with Crippen molar-refractivity contribution in [1.29, 1.82) is 0 Å². The molecule has 1 aliphatic carbocycles. The lowest BCUT2D eigenvalue weighted by atomic mass is 9.92. The number of benzene rings is 1. The van der Waals surface area contributed by atoms with Crippen LogP contribution in [0.25, 0.3) is 0 Å². The minimum atomic E-state index is -0.449. The summed E-state index contributed by atoms with van der Waals surface area (Å²) in [6.07, 6.45) is 4.24. The van der Waals surface area contributed by atoms with Crippen LogP contribution < -0.4 is 10.2 Å². The highest BCUT2D eigenvalue weighted by atomic mass is 16.2. The third kappa shape index (κ3) is 5.99. The SMILES string of the molecule is CC(C)[C@@H](C)N(Cc1cc(NC(=O)C2CCCC2)ccc1N(C)C)C(=O)C(C)(C)C. The number of carbonyl (C=O) groups is 2. The minimum Gasteiger partial charge on any atom is -0.377 e. The van der Waals surface area contributed by atoms with E-state index in [1.165, 1.54) is 0 Å². The van der Waals surface area contributed by atoms with Gasteiger partial charge in [-0.25, -0.2) is 0 Å². The van der Waals surface area contributed by atoms with Gasteiger partial charge in [0.1, 0.15) is 0 Å². The number of nitrogens with one attached hydrogen (secondary N) is 1. The Morgan fingerprint density at radius 2 is 1.70 bits per heavy atom.